The highest BCUT2D eigenvalue weighted by Crippen LogP contribution is 2.28. The van der Waals surface area contributed by atoms with Crippen LogP contribution in [0.25, 0.3) is 0 Å². The second-order valence-electron chi connectivity index (χ2n) is 3.55. The van der Waals surface area contributed by atoms with Gasteiger partial charge in [-0.3, -0.25) is 4.79 Å². The van der Waals surface area contributed by atoms with E-state index in [-0.39, 0.29) is 40.9 Å². The Bertz CT molecular complexity index is 515. The third-order valence-corrected chi connectivity index (χ3v) is 2.92. The summed E-state index contributed by atoms with van der Waals surface area (Å²) in [5.41, 5.74) is -0.176. The molecule has 1 aromatic rings. The van der Waals surface area contributed by atoms with Crippen molar-refractivity contribution in [3.8, 4) is 6.07 Å². The van der Waals surface area contributed by atoms with Crippen molar-refractivity contribution in [2.24, 2.45) is 0 Å². The molecule has 1 rings (SSSR count). The second kappa shape index (κ2) is 7.14. The molecule has 0 radical (unpaired) electrons. The third kappa shape index (κ3) is 3.96. The zero-order valence-electron chi connectivity index (χ0n) is 10.1. The molecule has 0 atom stereocenters. The van der Waals surface area contributed by atoms with Gasteiger partial charge >= 0.3 is 5.97 Å². The summed E-state index contributed by atoms with van der Waals surface area (Å²) in [6, 6.07) is 3.07. The van der Waals surface area contributed by atoms with E-state index in [0.717, 1.165) is 0 Å². The number of alkyl halides is 3. The molecule has 0 aliphatic rings. The van der Waals surface area contributed by atoms with Crippen molar-refractivity contribution in [2.75, 3.05) is 6.61 Å². The molecule has 1 aromatic heterocycles. The molecule has 0 bridgehead atoms. The molecule has 0 saturated heterocycles. The van der Waals surface area contributed by atoms with Gasteiger partial charge in [-0.25, -0.2) is 13.8 Å². The highest BCUT2D eigenvalue weighted by molar-refractivity contribution is 9.08. The third-order valence-electron chi connectivity index (χ3n) is 2.32. The number of pyridine rings is 1. The lowest BCUT2D eigenvalue weighted by atomic mass is 10.0. The molecule has 0 N–H and O–H groups in total. The highest BCUT2D eigenvalue weighted by Gasteiger charge is 2.22. The van der Waals surface area contributed by atoms with Crippen molar-refractivity contribution >= 4 is 21.9 Å². The molecule has 19 heavy (non-hydrogen) atoms. The van der Waals surface area contributed by atoms with Crippen LogP contribution in [0.3, 0.4) is 0 Å². The summed E-state index contributed by atoms with van der Waals surface area (Å²) in [4.78, 5) is 15.2. The summed E-state index contributed by atoms with van der Waals surface area (Å²) in [5.74, 6) is -0.646. The lowest BCUT2D eigenvalue weighted by Gasteiger charge is -2.12. The summed E-state index contributed by atoms with van der Waals surface area (Å²) < 4.78 is 30.8. The van der Waals surface area contributed by atoms with Gasteiger partial charge in [-0.1, -0.05) is 15.9 Å². The van der Waals surface area contributed by atoms with Gasteiger partial charge in [-0.05, 0) is 18.6 Å². The average Bonchev–Trinajstić information content (AvgIpc) is 2.37. The van der Waals surface area contributed by atoms with Crippen LogP contribution in [-0.4, -0.2) is 17.6 Å². The smallest absolute Gasteiger partial charge is 0.311 e. The highest BCUT2D eigenvalue weighted by atomic mass is 79.9. The molecule has 0 unspecified atom stereocenters. The molecule has 0 aliphatic heterocycles. The summed E-state index contributed by atoms with van der Waals surface area (Å²) in [6.45, 7) is 1.78. The molecule has 0 aliphatic carbocycles. The number of hydrogen-bond acceptors (Lipinski definition) is 4. The topological polar surface area (TPSA) is 63.0 Å². The minimum atomic E-state index is -2.77. The minimum Gasteiger partial charge on any atom is -0.466 e. The van der Waals surface area contributed by atoms with E-state index in [9.17, 15) is 13.6 Å². The fourth-order valence-electron chi connectivity index (χ4n) is 1.58. The van der Waals surface area contributed by atoms with Crippen LogP contribution in [0.4, 0.5) is 8.78 Å². The van der Waals surface area contributed by atoms with Crippen molar-refractivity contribution in [1.82, 2.24) is 4.98 Å². The molecule has 4 nitrogen and oxygen atoms in total. The van der Waals surface area contributed by atoms with E-state index in [4.69, 9.17) is 10.00 Å². The normalized spacial score (nSPS) is 10.3. The maximum absolute atomic E-state index is 13.1. The van der Waals surface area contributed by atoms with Gasteiger partial charge in [0.1, 0.15) is 11.8 Å². The first kappa shape index (κ1) is 15.5. The summed E-state index contributed by atoms with van der Waals surface area (Å²) >= 11 is 3.08. The van der Waals surface area contributed by atoms with Crippen molar-refractivity contribution in [2.45, 2.75) is 25.1 Å². The molecule has 0 spiro atoms. The van der Waals surface area contributed by atoms with Crippen LogP contribution in [0.15, 0.2) is 6.07 Å². The van der Waals surface area contributed by atoms with E-state index in [1.54, 1.807) is 13.0 Å². The number of hydrogen-bond donors (Lipinski definition) is 0. The van der Waals surface area contributed by atoms with E-state index >= 15 is 0 Å². The Balaban J connectivity index is 3.26. The van der Waals surface area contributed by atoms with Crippen molar-refractivity contribution < 1.29 is 18.3 Å². The maximum Gasteiger partial charge on any atom is 0.311 e. The van der Waals surface area contributed by atoms with Crippen molar-refractivity contribution in [3.63, 3.8) is 0 Å². The van der Waals surface area contributed by atoms with Gasteiger partial charge in [0, 0.05) is 10.9 Å². The Kier molecular flexibility index (Phi) is 5.83. The Morgan fingerprint density at radius 2 is 2.32 bits per heavy atom. The van der Waals surface area contributed by atoms with Crippen LogP contribution in [0.2, 0.25) is 0 Å². The Hall–Kier alpha value is -1.55. The molecule has 0 amide bonds. The first-order chi connectivity index (χ1) is 9.03. The van der Waals surface area contributed by atoms with E-state index < -0.39 is 12.4 Å². The van der Waals surface area contributed by atoms with E-state index in [1.165, 1.54) is 6.07 Å². The number of rotatable bonds is 5. The van der Waals surface area contributed by atoms with Crippen LogP contribution in [-0.2, 0) is 21.3 Å². The van der Waals surface area contributed by atoms with Crippen LogP contribution in [0, 0.1) is 11.3 Å². The minimum absolute atomic E-state index is 0.00171. The van der Waals surface area contributed by atoms with Crippen LogP contribution < -0.4 is 0 Å². The largest absolute Gasteiger partial charge is 0.466 e. The van der Waals surface area contributed by atoms with Gasteiger partial charge in [0.05, 0.1) is 18.7 Å². The monoisotopic (exact) mass is 332 g/mol. The van der Waals surface area contributed by atoms with Crippen LogP contribution in [0.5, 0.6) is 0 Å². The number of aromatic nitrogens is 1. The maximum atomic E-state index is 13.1. The zero-order chi connectivity index (χ0) is 14.4. The molecular formula is C12H11BrF2N2O2. The fraction of sp³-hybridized carbons (Fsp3) is 0.417. The van der Waals surface area contributed by atoms with Crippen LogP contribution in [0.1, 0.15) is 35.9 Å². The van der Waals surface area contributed by atoms with Gasteiger partial charge in [0.25, 0.3) is 6.43 Å². The Labute approximate surface area is 117 Å². The summed E-state index contributed by atoms with van der Waals surface area (Å²) in [6.07, 6.45) is -3.14. The predicted octanol–water partition coefficient (Wildman–Crippen LogP) is 2.89. The number of ether oxygens (including phenoxy) is 1. The standard InChI is InChI=1S/C12H11BrF2N2O2/c1-2-19-10(18)4-9-11(12(14)15)7(5-13)3-8(6-16)17-9/h3,12H,2,4-5H2,1H3. The van der Waals surface area contributed by atoms with Gasteiger partial charge < -0.3 is 4.74 Å². The number of nitriles is 1. The summed E-state index contributed by atoms with van der Waals surface area (Å²) in [5, 5.41) is 8.97. The van der Waals surface area contributed by atoms with E-state index in [0.29, 0.717) is 0 Å². The quantitative estimate of drug-likeness (QED) is 0.614. The zero-order valence-corrected chi connectivity index (χ0v) is 11.7. The Morgan fingerprint density at radius 3 is 2.79 bits per heavy atom. The van der Waals surface area contributed by atoms with Crippen molar-refractivity contribution in [1.29, 1.82) is 5.26 Å². The van der Waals surface area contributed by atoms with Gasteiger partial charge in [0.15, 0.2) is 0 Å². The van der Waals surface area contributed by atoms with Crippen molar-refractivity contribution in [3.05, 3.63) is 28.6 Å². The van der Waals surface area contributed by atoms with Gasteiger partial charge in [-0.2, -0.15) is 5.26 Å². The van der Waals surface area contributed by atoms with E-state index in [2.05, 4.69) is 20.9 Å². The SMILES string of the molecule is CCOC(=O)Cc1nc(C#N)cc(CBr)c1C(F)F. The van der Waals surface area contributed by atoms with Gasteiger partial charge in [0.2, 0.25) is 0 Å². The lowest BCUT2D eigenvalue weighted by molar-refractivity contribution is -0.142. The predicted molar refractivity (Wildman–Crippen MR) is 66.9 cm³/mol. The molecule has 7 heteroatoms. The molecule has 0 aromatic carbocycles. The Morgan fingerprint density at radius 1 is 1.63 bits per heavy atom. The lowest BCUT2D eigenvalue weighted by Crippen LogP contribution is -2.13. The number of nitrogens with zero attached hydrogens (tertiary/aromatic N) is 2. The average molecular weight is 333 g/mol. The second-order valence-corrected chi connectivity index (χ2v) is 4.12. The first-order valence-electron chi connectivity index (χ1n) is 5.46. The number of carbonyl (C=O) groups is 1. The number of esters is 1. The fourth-order valence-corrected chi connectivity index (χ4v) is 2.05. The van der Waals surface area contributed by atoms with E-state index in [1.807, 2.05) is 0 Å². The molecule has 0 saturated carbocycles. The number of halogens is 3. The first-order valence-corrected chi connectivity index (χ1v) is 6.58. The molecular weight excluding hydrogens is 322 g/mol. The molecule has 1 heterocycles. The summed E-state index contributed by atoms with van der Waals surface area (Å²) in [7, 11) is 0. The number of carbonyl (C=O) groups excluding carboxylic acids is 1. The van der Waals surface area contributed by atoms with Crippen LogP contribution >= 0.6 is 15.9 Å². The molecule has 0 fully saturated rings. The molecule has 102 valence electrons. The van der Waals surface area contributed by atoms with Gasteiger partial charge in [-0.15, -0.1) is 0 Å².